The molecule has 0 bridgehead atoms. The number of nitrogens with one attached hydrogen (secondary N) is 3. The first-order chi connectivity index (χ1) is 14.6. The summed E-state index contributed by atoms with van der Waals surface area (Å²) >= 11 is 0. The van der Waals surface area contributed by atoms with Gasteiger partial charge in [0.05, 0.1) is 17.4 Å². The van der Waals surface area contributed by atoms with Gasteiger partial charge in [-0.2, -0.15) is 0 Å². The molecule has 0 radical (unpaired) electrons. The van der Waals surface area contributed by atoms with Crippen LogP contribution in [0.3, 0.4) is 0 Å². The van der Waals surface area contributed by atoms with Crippen molar-refractivity contribution in [2.45, 2.75) is 4.90 Å². The first-order valence-electron chi connectivity index (χ1n) is 9.20. The molecule has 0 amide bonds. The number of nitrogens with zero attached hydrogens (tertiary/aromatic N) is 4. The topological polar surface area (TPSA) is 122 Å². The summed E-state index contributed by atoms with van der Waals surface area (Å²) in [6, 6.07) is 15.9. The largest absolute Gasteiger partial charge is 0.367 e. The summed E-state index contributed by atoms with van der Waals surface area (Å²) in [6.07, 6.45) is 4.95. The second-order valence-electron chi connectivity index (χ2n) is 6.33. The molecule has 4 aromatic rings. The highest BCUT2D eigenvalue weighted by Gasteiger charge is 2.17. The van der Waals surface area contributed by atoms with Crippen LogP contribution >= 0.6 is 0 Å². The van der Waals surface area contributed by atoms with Gasteiger partial charge < -0.3 is 10.6 Å². The Hall–Kier alpha value is -3.63. The molecule has 4 rings (SSSR count). The fourth-order valence-electron chi connectivity index (χ4n) is 2.82. The van der Waals surface area contributed by atoms with Gasteiger partial charge in [0.2, 0.25) is 10.0 Å². The monoisotopic (exact) mass is 421 g/mol. The number of para-hydroxylation sites is 1. The maximum Gasteiger partial charge on any atom is 0.242 e. The summed E-state index contributed by atoms with van der Waals surface area (Å²) in [4.78, 5) is 8.38. The van der Waals surface area contributed by atoms with Crippen LogP contribution in [0.15, 0.2) is 78.1 Å². The molecule has 0 unspecified atom stereocenters. The van der Waals surface area contributed by atoms with Crippen molar-refractivity contribution in [3.8, 4) is 0 Å². The van der Waals surface area contributed by atoms with Gasteiger partial charge in [-0.15, -0.1) is 10.2 Å². The highest BCUT2D eigenvalue weighted by molar-refractivity contribution is 7.89. The second-order valence-corrected chi connectivity index (χ2v) is 8.06. The predicted octanol–water partition coefficient (Wildman–Crippen LogP) is 2.55. The molecular formula is C20H19N7O2S. The number of hydrogen-bond donors (Lipinski definition) is 3. The van der Waals surface area contributed by atoms with Crippen molar-refractivity contribution in [3.05, 3.63) is 73.2 Å². The number of anilines is 3. The van der Waals surface area contributed by atoms with Gasteiger partial charge in [-0.05, 0) is 36.4 Å². The number of aromatic nitrogens is 4. The quantitative estimate of drug-likeness (QED) is 0.371. The molecule has 152 valence electrons. The van der Waals surface area contributed by atoms with E-state index in [1.807, 2.05) is 24.3 Å². The summed E-state index contributed by atoms with van der Waals surface area (Å²) in [5.41, 5.74) is 1.26. The van der Waals surface area contributed by atoms with Crippen molar-refractivity contribution in [1.82, 2.24) is 24.9 Å². The maximum absolute atomic E-state index is 12.7. The summed E-state index contributed by atoms with van der Waals surface area (Å²) in [5.74, 6) is 1.12. The van der Waals surface area contributed by atoms with Crippen LogP contribution < -0.4 is 15.4 Å². The van der Waals surface area contributed by atoms with Crippen LogP contribution in [0.1, 0.15) is 0 Å². The lowest BCUT2D eigenvalue weighted by Crippen LogP contribution is -2.29. The molecule has 1 aromatic carbocycles. The van der Waals surface area contributed by atoms with Gasteiger partial charge in [0.15, 0.2) is 5.82 Å². The highest BCUT2D eigenvalue weighted by atomic mass is 32.2. The third kappa shape index (κ3) is 4.67. The second kappa shape index (κ2) is 8.80. The van der Waals surface area contributed by atoms with E-state index in [1.165, 1.54) is 0 Å². The Morgan fingerprint density at radius 3 is 2.43 bits per heavy atom. The van der Waals surface area contributed by atoms with Gasteiger partial charge in [-0.25, -0.2) is 13.1 Å². The lowest BCUT2D eigenvalue weighted by Gasteiger charge is -2.10. The molecule has 3 heterocycles. The highest BCUT2D eigenvalue weighted by Crippen LogP contribution is 2.20. The fourth-order valence-corrected chi connectivity index (χ4v) is 4.03. The average molecular weight is 421 g/mol. The van der Waals surface area contributed by atoms with Gasteiger partial charge >= 0.3 is 0 Å². The Labute approximate surface area is 173 Å². The Morgan fingerprint density at radius 1 is 0.833 bits per heavy atom. The van der Waals surface area contributed by atoms with Gasteiger partial charge in [0.25, 0.3) is 0 Å². The summed E-state index contributed by atoms with van der Waals surface area (Å²) in [7, 11) is -3.69. The van der Waals surface area contributed by atoms with Gasteiger partial charge in [-0.1, -0.05) is 18.2 Å². The van der Waals surface area contributed by atoms with E-state index in [-0.39, 0.29) is 11.4 Å². The summed E-state index contributed by atoms with van der Waals surface area (Å²) < 4.78 is 27.9. The minimum absolute atomic E-state index is 0.159. The van der Waals surface area contributed by atoms with Crippen molar-refractivity contribution in [1.29, 1.82) is 0 Å². The molecule has 10 heteroatoms. The number of benzene rings is 1. The third-order valence-corrected chi connectivity index (χ3v) is 5.70. The molecule has 0 spiro atoms. The molecule has 3 aromatic heterocycles. The van der Waals surface area contributed by atoms with E-state index in [0.29, 0.717) is 23.7 Å². The van der Waals surface area contributed by atoms with Gasteiger partial charge in [0.1, 0.15) is 10.7 Å². The lowest BCUT2D eigenvalue weighted by atomic mass is 10.2. The number of fused-ring (bicyclic) bond motifs is 1. The van der Waals surface area contributed by atoms with Crippen LogP contribution in [0.25, 0.3) is 10.9 Å². The van der Waals surface area contributed by atoms with E-state index in [2.05, 4.69) is 35.5 Å². The number of hydrogen-bond acceptors (Lipinski definition) is 8. The zero-order chi connectivity index (χ0) is 20.8. The number of rotatable bonds is 8. The first-order valence-corrected chi connectivity index (χ1v) is 10.7. The predicted molar refractivity (Wildman–Crippen MR) is 115 cm³/mol. The standard InChI is InChI=1S/C20H19N7O2S/c28-30(29,17-7-1-4-15-5-2-11-23-20(15)17)24-13-12-22-18-8-9-19(27-26-18)25-16-6-3-10-21-14-16/h1-11,14,24H,12-13H2,(H,22,26)(H,25,27). The van der Waals surface area contributed by atoms with Gasteiger partial charge in [0, 0.05) is 30.9 Å². The van der Waals surface area contributed by atoms with Crippen LogP contribution in [-0.2, 0) is 10.0 Å². The zero-order valence-corrected chi connectivity index (χ0v) is 16.7. The van der Waals surface area contributed by atoms with Crippen LogP contribution in [-0.4, -0.2) is 41.7 Å². The molecule has 0 fully saturated rings. The van der Waals surface area contributed by atoms with Crippen LogP contribution in [0.5, 0.6) is 0 Å². The minimum Gasteiger partial charge on any atom is -0.367 e. The fraction of sp³-hybridized carbons (Fsp3) is 0.100. The van der Waals surface area contributed by atoms with Crippen molar-refractivity contribution in [2.24, 2.45) is 0 Å². The molecule has 0 aliphatic carbocycles. The zero-order valence-electron chi connectivity index (χ0n) is 15.9. The Bertz CT molecular complexity index is 1230. The lowest BCUT2D eigenvalue weighted by molar-refractivity contribution is 0.583. The van der Waals surface area contributed by atoms with E-state index >= 15 is 0 Å². The normalized spacial score (nSPS) is 11.3. The molecule has 0 aliphatic heterocycles. The van der Waals surface area contributed by atoms with Crippen molar-refractivity contribution < 1.29 is 8.42 Å². The molecule has 0 saturated carbocycles. The molecule has 3 N–H and O–H groups in total. The first kappa shape index (κ1) is 19.7. The SMILES string of the molecule is O=S(=O)(NCCNc1ccc(Nc2cccnc2)nn1)c1cccc2cccnc12. The van der Waals surface area contributed by atoms with Crippen molar-refractivity contribution >= 4 is 38.2 Å². The molecule has 30 heavy (non-hydrogen) atoms. The van der Waals surface area contributed by atoms with E-state index in [4.69, 9.17) is 0 Å². The minimum atomic E-state index is -3.69. The van der Waals surface area contributed by atoms with Gasteiger partial charge in [-0.3, -0.25) is 9.97 Å². The molecule has 0 aliphatic rings. The van der Waals surface area contributed by atoms with Crippen LogP contribution in [0.2, 0.25) is 0 Å². The van der Waals surface area contributed by atoms with E-state index in [0.717, 1.165) is 11.1 Å². The maximum atomic E-state index is 12.7. The Balaban J connectivity index is 1.32. The Morgan fingerprint density at radius 2 is 1.63 bits per heavy atom. The van der Waals surface area contributed by atoms with Crippen LogP contribution in [0, 0.1) is 0 Å². The van der Waals surface area contributed by atoms with Crippen molar-refractivity contribution in [3.63, 3.8) is 0 Å². The number of sulfonamides is 1. The average Bonchev–Trinajstić information content (AvgIpc) is 2.78. The van der Waals surface area contributed by atoms with Crippen molar-refractivity contribution in [2.75, 3.05) is 23.7 Å². The van der Waals surface area contributed by atoms with E-state index in [9.17, 15) is 8.42 Å². The molecule has 9 nitrogen and oxygen atoms in total. The summed E-state index contributed by atoms with van der Waals surface area (Å²) in [5, 5.41) is 15.1. The third-order valence-electron chi connectivity index (χ3n) is 4.21. The molecular weight excluding hydrogens is 402 g/mol. The Kier molecular flexibility index (Phi) is 5.77. The van der Waals surface area contributed by atoms with Crippen LogP contribution in [0.4, 0.5) is 17.3 Å². The summed E-state index contributed by atoms with van der Waals surface area (Å²) in [6.45, 7) is 0.532. The van der Waals surface area contributed by atoms with E-state index < -0.39 is 10.0 Å². The smallest absolute Gasteiger partial charge is 0.242 e. The molecule has 0 saturated heterocycles. The number of pyridine rings is 2. The molecule has 0 atom stereocenters. The van der Waals surface area contributed by atoms with E-state index in [1.54, 1.807) is 48.9 Å².